The molecule has 0 spiro atoms. The SMILES string of the molecule is CCOC(=O)CCN(CCOCCO)C(C)=O. The molecule has 0 fully saturated rings. The molecule has 0 saturated carbocycles. The van der Waals surface area contributed by atoms with Gasteiger partial charge in [-0.25, -0.2) is 0 Å². The fraction of sp³-hybridized carbons (Fsp3) is 0.818. The van der Waals surface area contributed by atoms with Gasteiger partial charge in [0, 0.05) is 20.0 Å². The van der Waals surface area contributed by atoms with Crippen LogP contribution in [0.4, 0.5) is 0 Å². The molecule has 0 aromatic rings. The van der Waals surface area contributed by atoms with Gasteiger partial charge in [-0.05, 0) is 6.92 Å². The molecular weight excluding hydrogens is 226 g/mol. The Bertz CT molecular complexity index is 232. The highest BCUT2D eigenvalue weighted by Gasteiger charge is 2.11. The lowest BCUT2D eigenvalue weighted by Crippen LogP contribution is -2.34. The normalized spacial score (nSPS) is 10.1. The summed E-state index contributed by atoms with van der Waals surface area (Å²) in [6.45, 7) is 4.83. The van der Waals surface area contributed by atoms with Gasteiger partial charge in [-0.2, -0.15) is 0 Å². The highest BCUT2D eigenvalue weighted by Crippen LogP contribution is 1.95. The number of hydrogen-bond acceptors (Lipinski definition) is 5. The molecule has 6 nitrogen and oxygen atoms in total. The van der Waals surface area contributed by atoms with Crippen LogP contribution >= 0.6 is 0 Å². The Morgan fingerprint density at radius 2 is 1.94 bits per heavy atom. The number of hydrogen-bond donors (Lipinski definition) is 1. The monoisotopic (exact) mass is 247 g/mol. The topological polar surface area (TPSA) is 76.1 Å². The summed E-state index contributed by atoms with van der Waals surface area (Å²) in [5.41, 5.74) is 0. The van der Waals surface area contributed by atoms with E-state index in [1.807, 2.05) is 0 Å². The van der Waals surface area contributed by atoms with Crippen molar-refractivity contribution in [1.29, 1.82) is 0 Å². The van der Waals surface area contributed by atoms with Gasteiger partial charge in [0.25, 0.3) is 0 Å². The first-order valence-corrected chi connectivity index (χ1v) is 5.71. The van der Waals surface area contributed by atoms with E-state index < -0.39 is 0 Å². The molecule has 17 heavy (non-hydrogen) atoms. The third-order valence-electron chi connectivity index (χ3n) is 2.08. The van der Waals surface area contributed by atoms with Crippen LogP contribution < -0.4 is 0 Å². The van der Waals surface area contributed by atoms with Gasteiger partial charge >= 0.3 is 5.97 Å². The minimum atomic E-state index is -0.310. The number of ether oxygens (including phenoxy) is 2. The minimum absolute atomic E-state index is 0.0388. The van der Waals surface area contributed by atoms with Crippen molar-refractivity contribution in [2.24, 2.45) is 0 Å². The fourth-order valence-corrected chi connectivity index (χ4v) is 1.23. The van der Waals surface area contributed by atoms with Crippen LogP contribution in [0, 0.1) is 0 Å². The predicted octanol–water partition coefficient (Wildman–Crippen LogP) is -0.203. The predicted molar refractivity (Wildman–Crippen MR) is 61.4 cm³/mol. The molecule has 0 radical (unpaired) electrons. The Morgan fingerprint density at radius 1 is 1.24 bits per heavy atom. The number of aliphatic hydroxyl groups excluding tert-OH is 1. The van der Waals surface area contributed by atoms with Crippen LogP contribution in [0.25, 0.3) is 0 Å². The number of carbonyl (C=O) groups excluding carboxylic acids is 2. The van der Waals surface area contributed by atoms with E-state index in [2.05, 4.69) is 0 Å². The summed E-state index contributed by atoms with van der Waals surface area (Å²) >= 11 is 0. The van der Waals surface area contributed by atoms with Crippen LogP contribution in [0.3, 0.4) is 0 Å². The molecule has 0 saturated heterocycles. The minimum Gasteiger partial charge on any atom is -0.466 e. The smallest absolute Gasteiger partial charge is 0.307 e. The molecule has 0 unspecified atom stereocenters. The third-order valence-corrected chi connectivity index (χ3v) is 2.08. The zero-order valence-corrected chi connectivity index (χ0v) is 10.5. The van der Waals surface area contributed by atoms with Crippen LogP contribution in [0.15, 0.2) is 0 Å². The van der Waals surface area contributed by atoms with Gasteiger partial charge < -0.3 is 19.5 Å². The average Bonchev–Trinajstić information content (AvgIpc) is 2.28. The molecular formula is C11H21NO5. The first-order valence-electron chi connectivity index (χ1n) is 5.71. The van der Waals surface area contributed by atoms with Crippen LogP contribution in [0.1, 0.15) is 20.3 Å². The first kappa shape index (κ1) is 15.9. The van der Waals surface area contributed by atoms with E-state index in [1.54, 1.807) is 6.92 Å². The molecule has 6 heteroatoms. The quantitative estimate of drug-likeness (QED) is 0.451. The number of esters is 1. The Kier molecular flexibility index (Phi) is 9.37. The first-order chi connectivity index (χ1) is 8.11. The Labute approximate surface area is 101 Å². The van der Waals surface area contributed by atoms with Gasteiger partial charge in [-0.15, -0.1) is 0 Å². The third kappa shape index (κ3) is 8.65. The zero-order chi connectivity index (χ0) is 13.1. The Hall–Kier alpha value is -1.14. The van der Waals surface area contributed by atoms with Crippen LogP contribution in [0.5, 0.6) is 0 Å². The highest BCUT2D eigenvalue weighted by atomic mass is 16.5. The van der Waals surface area contributed by atoms with Crippen molar-refractivity contribution in [1.82, 2.24) is 4.90 Å². The van der Waals surface area contributed by atoms with Gasteiger partial charge in [0.05, 0.1) is 32.8 Å². The standard InChI is InChI=1S/C11H21NO5/c1-3-17-11(15)4-5-12(10(2)14)6-8-16-9-7-13/h13H,3-9H2,1-2H3. The molecule has 0 atom stereocenters. The van der Waals surface area contributed by atoms with Gasteiger partial charge in [-0.3, -0.25) is 9.59 Å². The molecule has 0 aromatic carbocycles. The summed E-state index contributed by atoms with van der Waals surface area (Å²) in [6.07, 6.45) is 0.188. The molecule has 0 heterocycles. The van der Waals surface area contributed by atoms with E-state index in [0.717, 1.165) is 0 Å². The number of rotatable bonds is 9. The summed E-state index contributed by atoms with van der Waals surface area (Å²) in [5.74, 6) is -0.420. The molecule has 100 valence electrons. The van der Waals surface area contributed by atoms with Crippen molar-refractivity contribution in [2.75, 3.05) is 39.5 Å². The maximum atomic E-state index is 11.2. The van der Waals surface area contributed by atoms with Crippen molar-refractivity contribution in [2.45, 2.75) is 20.3 Å². The number of nitrogens with zero attached hydrogens (tertiary/aromatic N) is 1. The van der Waals surface area contributed by atoms with Crippen LogP contribution in [-0.2, 0) is 19.1 Å². The van der Waals surface area contributed by atoms with E-state index >= 15 is 0 Å². The molecule has 1 N–H and O–H groups in total. The van der Waals surface area contributed by atoms with E-state index in [1.165, 1.54) is 11.8 Å². The second kappa shape index (κ2) is 10.0. The lowest BCUT2D eigenvalue weighted by atomic mass is 10.3. The van der Waals surface area contributed by atoms with Crippen LogP contribution in [-0.4, -0.2) is 61.4 Å². The van der Waals surface area contributed by atoms with Gasteiger partial charge in [0.15, 0.2) is 0 Å². The molecule has 0 aliphatic carbocycles. The summed E-state index contributed by atoms with van der Waals surface area (Å²) < 4.78 is 9.83. The number of carbonyl (C=O) groups is 2. The zero-order valence-electron chi connectivity index (χ0n) is 10.5. The molecule has 0 aromatic heterocycles. The van der Waals surface area contributed by atoms with Gasteiger partial charge in [0.1, 0.15) is 0 Å². The lowest BCUT2D eigenvalue weighted by Gasteiger charge is -2.20. The van der Waals surface area contributed by atoms with Gasteiger partial charge in [-0.1, -0.05) is 0 Å². The summed E-state index contributed by atoms with van der Waals surface area (Å²) in [4.78, 5) is 23.9. The summed E-state index contributed by atoms with van der Waals surface area (Å²) in [6, 6.07) is 0. The molecule has 1 amide bonds. The maximum absolute atomic E-state index is 11.2. The molecule has 0 aliphatic rings. The van der Waals surface area contributed by atoms with Crippen molar-refractivity contribution in [3.63, 3.8) is 0 Å². The molecule has 0 rings (SSSR count). The van der Waals surface area contributed by atoms with E-state index in [-0.39, 0.29) is 31.5 Å². The molecule has 0 bridgehead atoms. The van der Waals surface area contributed by atoms with Crippen molar-refractivity contribution in [3.05, 3.63) is 0 Å². The van der Waals surface area contributed by atoms with E-state index in [4.69, 9.17) is 14.6 Å². The van der Waals surface area contributed by atoms with Crippen molar-refractivity contribution < 1.29 is 24.2 Å². The number of aliphatic hydroxyl groups is 1. The maximum Gasteiger partial charge on any atom is 0.307 e. The second-order valence-corrected chi connectivity index (χ2v) is 3.40. The summed E-state index contributed by atoms with van der Waals surface area (Å²) in [7, 11) is 0. The largest absolute Gasteiger partial charge is 0.466 e. The van der Waals surface area contributed by atoms with E-state index in [9.17, 15) is 9.59 Å². The second-order valence-electron chi connectivity index (χ2n) is 3.40. The van der Waals surface area contributed by atoms with Crippen molar-refractivity contribution in [3.8, 4) is 0 Å². The Morgan fingerprint density at radius 3 is 2.47 bits per heavy atom. The highest BCUT2D eigenvalue weighted by molar-refractivity contribution is 5.75. The number of amides is 1. The summed E-state index contributed by atoms with van der Waals surface area (Å²) in [5, 5.41) is 8.51. The Balaban J connectivity index is 3.82. The fourth-order valence-electron chi connectivity index (χ4n) is 1.23. The van der Waals surface area contributed by atoms with Crippen LogP contribution in [0.2, 0.25) is 0 Å². The van der Waals surface area contributed by atoms with Crippen molar-refractivity contribution >= 4 is 11.9 Å². The molecule has 0 aliphatic heterocycles. The van der Waals surface area contributed by atoms with E-state index in [0.29, 0.717) is 26.3 Å². The lowest BCUT2D eigenvalue weighted by molar-refractivity contribution is -0.144. The average molecular weight is 247 g/mol. The van der Waals surface area contributed by atoms with Gasteiger partial charge in [0.2, 0.25) is 5.91 Å².